The number of ether oxygens (including phenoxy) is 1. The van der Waals surface area contributed by atoms with E-state index in [4.69, 9.17) is 4.74 Å². The maximum atomic E-state index is 13.3. The fourth-order valence-electron chi connectivity index (χ4n) is 3.57. The zero-order valence-corrected chi connectivity index (χ0v) is 14.4. The lowest BCUT2D eigenvalue weighted by atomic mass is 10.1. The third-order valence-electron chi connectivity index (χ3n) is 4.84. The molecule has 2 aromatic heterocycles. The number of alkyl halides is 3. The van der Waals surface area contributed by atoms with Crippen molar-refractivity contribution >= 4 is 17.6 Å². The second-order valence-electron chi connectivity index (χ2n) is 6.80. The lowest BCUT2D eigenvalue weighted by Gasteiger charge is -2.20. The SMILES string of the molecule is Cc1nn(C)c2c1OC[C@H]1CCC(C1)Nc1nc(ncc1C(F)(F)F)N2. The number of anilines is 3. The summed E-state index contributed by atoms with van der Waals surface area (Å²) in [5.41, 5.74) is -0.159. The Labute approximate surface area is 148 Å². The molecule has 1 unspecified atom stereocenters. The van der Waals surface area contributed by atoms with Crippen molar-refractivity contribution in [2.45, 2.75) is 38.4 Å². The van der Waals surface area contributed by atoms with Crippen molar-refractivity contribution in [1.29, 1.82) is 0 Å². The first-order chi connectivity index (χ1) is 12.3. The van der Waals surface area contributed by atoms with E-state index in [0.29, 0.717) is 23.9 Å². The molecule has 1 fully saturated rings. The number of halogens is 3. The molecule has 3 heterocycles. The molecule has 0 radical (unpaired) electrons. The van der Waals surface area contributed by atoms with E-state index >= 15 is 0 Å². The van der Waals surface area contributed by atoms with E-state index in [1.54, 1.807) is 11.7 Å². The standard InChI is InChI=1S/C16H19F3N6O/c1-8-12-14(25(2)24-8)23-15-20-6-11(16(17,18)19)13(22-15)21-10-4-3-9(5-10)7-26-12/h6,9-10H,3-5,7H2,1-2H3,(H2,20,21,22,23)/t9-,10?/m0/s1. The predicted molar refractivity (Wildman–Crippen MR) is 88.5 cm³/mol. The first-order valence-electron chi connectivity index (χ1n) is 8.45. The van der Waals surface area contributed by atoms with Crippen LogP contribution in [0.25, 0.3) is 0 Å². The summed E-state index contributed by atoms with van der Waals surface area (Å²) in [5, 5.41) is 10.2. The minimum absolute atomic E-state index is 0.0588. The third-order valence-corrected chi connectivity index (χ3v) is 4.84. The Morgan fingerprint density at radius 3 is 2.88 bits per heavy atom. The number of fused-ring (bicyclic) bond motifs is 5. The van der Waals surface area contributed by atoms with Crippen LogP contribution in [0.2, 0.25) is 0 Å². The van der Waals surface area contributed by atoms with E-state index in [9.17, 15) is 13.2 Å². The van der Waals surface area contributed by atoms with Crippen molar-refractivity contribution in [3.05, 3.63) is 17.5 Å². The Balaban J connectivity index is 1.80. The molecule has 4 bridgehead atoms. The van der Waals surface area contributed by atoms with Crippen LogP contribution in [-0.2, 0) is 13.2 Å². The van der Waals surface area contributed by atoms with Gasteiger partial charge in [0.2, 0.25) is 5.95 Å². The highest BCUT2D eigenvalue weighted by Crippen LogP contribution is 2.38. The van der Waals surface area contributed by atoms with E-state index in [0.717, 1.165) is 25.5 Å². The first-order valence-corrected chi connectivity index (χ1v) is 8.45. The maximum absolute atomic E-state index is 13.3. The molecule has 0 aromatic carbocycles. The molecule has 1 saturated carbocycles. The molecular formula is C16H19F3N6O. The van der Waals surface area contributed by atoms with Crippen LogP contribution in [0.5, 0.6) is 5.75 Å². The van der Waals surface area contributed by atoms with Gasteiger partial charge >= 0.3 is 6.18 Å². The fourth-order valence-corrected chi connectivity index (χ4v) is 3.57. The second-order valence-corrected chi connectivity index (χ2v) is 6.80. The summed E-state index contributed by atoms with van der Waals surface area (Å²) >= 11 is 0. The lowest BCUT2D eigenvalue weighted by molar-refractivity contribution is -0.137. The zero-order chi connectivity index (χ0) is 18.5. The summed E-state index contributed by atoms with van der Waals surface area (Å²) in [6, 6.07) is -0.0682. The van der Waals surface area contributed by atoms with Gasteiger partial charge in [0.1, 0.15) is 17.1 Å². The summed E-state index contributed by atoms with van der Waals surface area (Å²) in [4.78, 5) is 7.92. The molecule has 2 aliphatic rings. The van der Waals surface area contributed by atoms with Gasteiger partial charge in [0.05, 0.1) is 6.61 Å². The number of rotatable bonds is 0. The van der Waals surface area contributed by atoms with E-state index in [-0.39, 0.29) is 23.7 Å². The topological polar surface area (TPSA) is 76.9 Å². The van der Waals surface area contributed by atoms with Crippen LogP contribution in [0.3, 0.4) is 0 Å². The fraction of sp³-hybridized carbons (Fsp3) is 0.562. The van der Waals surface area contributed by atoms with Gasteiger partial charge in [-0.2, -0.15) is 23.3 Å². The molecule has 4 rings (SSSR count). The van der Waals surface area contributed by atoms with Crippen molar-refractivity contribution in [2.24, 2.45) is 13.0 Å². The van der Waals surface area contributed by atoms with Gasteiger partial charge in [0.15, 0.2) is 11.6 Å². The number of nitrogens with one attached hydrogen (secondary N) is 2. The van der Waals surface area contributed by atoms with Gasteiger partial charge in [0.25, 0.3) is 0 Å². The number of aryl methyl sites for hydroxylation is 2. The third kappa shape index (κ3) is 3.04. The summed E-state index contributed by atoms with van der Waals surface area (Å²) < 4.78 is 47.5. The van der Waals surface area contributed by atoms with Gasteiger partial charge in [0, 0.05) is 19.3 Å². The summed E-state index contributed by atoms with van der Waals surface area (Å²) in [7, 11) is 1.73. The average Bonchev–Trinajstić information content (AvgIpc) is 3.09. The quantitative estimate of drug-likeness (QED) is 0.743. The van der Waals surface area contributed by atoms with Crippen molar-refractivity contribution in [1.82, 2.24) is 19.7 Å². The Hall–Kier alpha value is -2.52. The van der Waals surface area contributed by atoms with Gasteiger partial charge in [-0.1, -0.05) is 0 Å². The number of nitrogens with zero attached hydrogens (tertiary/aromatic N) is 4. The predicted octanol–water partition coefficient (Wildman–Crippen LogP) is 3.25. The molecule has 1 aliphatic carbocycles. The monoisotopic (exact) mass is 368 g/mol. The van der Waals surface area contributed by atoms with E-state index in [1.165, 1.54) is 0 Å². The Kier molecular flexibility index (Phi) is 3.92. The number of hydrogen-bond donors (Lipinski definition) is 2. The molecule has 0 amide bonds. The van der Waals surface area contributed by atoms with Gasteiger partial charge in [-0.05, 0) is 32.1 Å². The largest absolute Gasteiger partial charge is 0.488 e. The molecule has 140 valence electrons. The maximum Gasteiger partial charge on any atom is 0.421 e. The van der Waals surface area contributed by atoms with Gasteiger partial charge in [-0.15, -0.1) is 0 Å². The molecule has 0 spiro atoms. The minimum atomic E-state index is -4.52. The van der Waals surface area contributed by atoms with Crippen molar-refractivity contribution in [3.8, 4) is 5.75 Å². The molecule has 7 nitrogen and oxygen atoms in total. The molecule has 2 aromatic rings. The lowest BCUT2D eigenvalue weighted by Crippen LogP contribution is -2.22. The molecule has 2 N–H and O–H groups in total. The highest BCUT2D eigenvalue weighted by atomic mass is 19.4. The van der Waals surface area contributed by atoms with Crippen LogP contribution >= 0.6 is 0 Å². The van der Waals surface area contributed by atoms with Crippen LogP contribution in [0.4, 0.5) is 30.8 Å². The van der Waals surface area contributed by atoms with Crippen LogP contribution in [-0.4, -0.2) is 32.4 Å². The molecular weight excluding hydrogens is 349 g/mol. The van der Waals surface area contributed by atoms with Crippen molar-refractivity contribution < 1.29 is 17.9 Å². The molecule has 0 saturated heterocycles. The minimum Gasteiger partial charge on any atom is -0.488 e. The van der Waals surface area contributed by atoms with Gasteiger partial charge < -0.3 is 15.4 Å². The first kappa shape index (κ1) is 16.9. The molecule has 2 atom stereocenters. The highest BCUT2D eigenvalue weighted by Gasteiger charge is 2.37. The highest BCUT2D eigenvalue weighted by molar-refractivity contribution is 5.61. The van der Waals surface area contributed by atoms with E-state index in [2.05, 4.69) is 25.7 Å². The normalized spacial score (nSPS) is 22.3. The summed E-state index contributed by atoms with van der Waals surface area (Å²) in [6.07, 6.45) is -1.32. The number of aromatic nitrogens is 4. The molecule has 1 aliphatic heterocycles. The second kappa shape index (κ2) is 6.03. The van der Waals surface area contributed by atoms with Crippen molar-refractivity contribution in [3.63, 3.8) is 0 Å². The van der Waals surface area contributed by atoms with Crippen molar-refractivity contribution in [2.75, 3.05) is 17.2 Å². The van der Waals surface area contributed by atoms with Gasteiger partial charge in [-0.25, -0.2) is 9.67 Å². The van der Waals surface area contributed by atoms with Crippen LogP contribution in [0.15, 0.2) is 6.20 Å². The van der Waals surface area contributed by atoms with Gasteiger partial charge in [-0.3, -0.25) is 0 Å². The summed E-state index contributed by atoms with van der Waals surface area (Å²) in [5.74, 6) is 1.24. The van der Waals surface area contributed by atoms with E-state index in [1.807, 2.05) is 6.92 Å². The van der Waals surface area contributed by atoms with Crippen LogP contribution < -0.4 is 15.4 Å². The Morgan fingerprint density at radius 2 is 2.12 bits per heavy atom. The zero-order valence-electron chi connectivity index (χ0n) is 14.4. The Bertz CT molecular complexity index is 834. The average molecular weight is 368 g/mol. The summed E-state index contributed by atoms with van der Waals surface area (Å²) in [6.45, 7) is 2.32. The number of hydrogen-bond acceptors (Lipinski definition) is 6. The molecule has 26 heavy (non-hydrogen) atoms. The Morgan fingerprint density at radius 1 is 1.31 bits per heavy atom. The van der Waals surface area contributed by atoms with Crippen LogP contribution in [0.1, 0.15) is 30.5 Å². The smallest absolute Gasteiger partial charge is 0.421 e. The van der Waals surface area contributed by atoms with Crippen LogP contribution in [0, 0.1) is 12.8 Å². The molecule has 10 heteroatoms. The van der Waals surface area contributed by atoms with E-state index < -0.39 is 11.7 Å².